The van der Waals surface area contributed by atoms with E-state index in [1.165, 1.54) is 0 Å². The van der Waals surface area contributed by atoms with Crippen LogP contribution in [0.1, 0.15) is 37.9 Å². The Bertz CT molecular complexity index is 382. The molecule has 0 amide bonds. The predicted octanol–water partition coefficient (Wildman–Crippen LogP) is 2.35. The Balaban J connectivity index is 2.52. The molecule has 1 aromatic heterocycles. The Morgan fingerprint density at radius 1 is 1.53 bits per heavy atom. The van der Waals surface area contributed by atoms with Crippen molar-refractivity contribution in [2.75, 3.05) is 13.6 Å². The van der Waals surface area contributed by atoms with Crippen molar-refractivity contribution in [1.29, 1.82) is 0 Å². The van der Waals surface area contributed by atoms with Crippen molar-refractivity contribution in [3.63, 3.8) is 0 Å². The molecule has 0 fully saturated rings. The molecule has 0 atom stereocenters. The van der Waals surface area contributed by atoms with Gasteiger partial charge in [-0.05, 0) is 7.05 Å². The van der Waals surface area contributed by atoms with E-state index in [1.54, 1.807) is 11.3 Å². The van der Waals surface area contributed by atoms with Crippen LogP contribution in [-0.4, -0.2) is 34.6 Å². The van der Waals surface area contributed by atoms with E-state index >= 15 is 0 Å². The van der Waals surface area contributed by atoms with Gasteiger partial charge in [-0.1, -0.05) is 20.8 Å². The number of nitrogens with zero attached hydrogens (tertiary/aromatic N) is 2. The lowest BCUT2D eigenvalue weighted by molar-refractivity contribution is -0.137. The van der Waals surface area contributed by atoms with Gasteiger partial charge in [0.2, 0.25) is 0 Å². The van der Waals surface area contributed by atoms with E-state index in [0.29, 0.717) is 13.1 Å². The fourth-order valence-electron chi connectivity index (χ4n) is 1.32. The summed E-state index contributed by atoms with van der Waals surface area (Å²) in [6, 6.07) is 0. The quantitative estimate of drug-likeness (QED) is 0.878. The second-order valence-electron chi connectivity index (χ2n) is 5.26. The van der Waals surface area contributed by atoms with Crippen molar-refractivity contribution in [2.45, 2.75) is 39.2 Å². The van der Waals surface area contributed by atoms with E-state index in [1.807, 2.05) is 11.9 Å². The number of aliphatic carboxylic acids is 1. The molecular weight excluding hydrogens is 236 g/mol. The normalized spacial score (nSPS) is 12.1. The van der Waals surface area contributed by atoms with Crippen LogP contribution in [0.3, 0.4) is 0 Å². The summed E-state index contributed by atoms with van der Waals surface area (Å²) < 4.78 is 0. The van der Waals surface area contributed by atoms with Crippen LogP contribution in [0.2, 0.25) is 0 Å². The Kier molecular flexibility index (Phi) is 4.65. The fraction of sp³-hybridized carbons (Fsp3) is 0.667. The minimum Gasteiger partial charge on any atom is -0.481 e. The Labute approximate surface area is 106 Å². The highest BCUT2D eigenvalue weighted by Crippen LogP contribution is 2.24. The third-order valence-electron chi connectivity index (χ3n) is 2.43. The molecule has 1 N–H and O–H groups in total. The molecule has 1 heterocycles. The number of thiazole rings is 1. The van der Waals surface area contributed by atoms with E-state index in [4.69, 9.17) is 5.11 Å². The van der Waals surface area contributed by atoms with Gasteiger partial charge in [0.1, 0.15) is 5.01 Å². The number of rotatable bonds is 5. The van der Waals surface area contributed by atoms with Crippen molar-refractivity contribution in [2.24, 2.45) is 0 Å². The first-order valence-electron chi connectivity index (χ1n) is 5.64. The largest absolute Gasteiger partial charge is 0.481 e. The molecule has 0 unspecified atom stereocenters. The van der Waals surface area contributed by atoms with E-state index in [0.717, 1.165) is 10.7 Å². The third-order valence-corrected chi connectivity index (χ3v) is 3.27. The summed E-state index contributed by atoms with van der Waals surface area (Å²) in [6.07, 6.45) is 0.175. The number of carboxylic acids is 1. The molecule has 1 rings (SSSR count). The molecule has 1 aromatic rings. The molecule has 0 aliphatic carbocycles. The van der Waals surface area contributed by atoms with Gasteiger partial charge in [-0.2, -0.15) is 0 Å². The first-order valence-corrected chi connectivity index (χ1v) is 6.52. The van der Waals surface area contributed by atoms with Gasteiger partial charge in [0.15, 0.2) is 0 Å². The van der Waals surface area contributed by atoms with Gasteiger partial charge in [0, 0.05) is 17.3 Å². The van der Waals surface area contributed by atoms with Crippen molar-refractivity contribution in [1.82, 2.24) is 9.88 Å². The van der Waals surface area contributed by atoms with Crippen LogP contribution in [0.5, 0.6) is 0 Å². The van der Waals surface area contributed by atoms with Gasteiger partial charge in [-0.3, -0.25) is 9.69 Å². The number of hydrogen-bond donors (Lipinski definition) is 1. The second kappa shape index (κ2) is 5.60. The lowest BCUT2D eigenvalue weighted by atomic mass is 9.93. The van der Waals surface area contributed by atoms with Crippen LogP contribution < -0.4 is 0 Å². The number of hydrogen-bond acceptors (Lipinski definition) is 4. The summed E-state index contributed by atoms with van der Waals surface area (Å²) in [5.41, 5.74) is 1.18. The van der Waals surface area contributed by atoms with Gasteiger partial charge in [0.25, 0.3) is 0 Å². The average molecular weight is 256 g/mol. The van der Waals surface area contributed by atoms with Crippen molar-refractivity contribution >= 4 is 17.3 Å². The van der Waals surface area contributed by atoms with Gasteiger partial charge < -0.3 is 5.11 Å². The third kappa shape index (κ3) is 4.83. The summed E-state index contributed by atoms with van der Waals surface area (Å²) in [6.45, 7) is 7.69. The summed E-state index contributed by atoms with van der Waals surface area (Å²) >= 11 is 1.64. The molecule has 4 nitrogen and oxygen atoms in total. The van der Waals surface area contributed by atoms with E-state index in [2.05, 4.69) is 31.1 Å². The molecule has 0 saturated carbocycles. The monoisotopic (exact) mass is 256 g/mol. The smallest absolute Gasteiger partial charge is 0.304 e. The maximum absolute atomic E-state index is 10.5. The van der Waals surface area contributed by atoms with Crippen molar-refractivity contribution in [3.05, 3.63) is 16.1 Å². The predicted molar refractivity (Wildman–Crippen MR) is 69.4 cm³/mol. The van der Waals surface area contributed by atoms with Gasteiger partial charge in [0.05, 0.1) is 18.7 Å². The molecule has 0 bridgehead atoms. The summed E-state index contributed by atoms with van der Waals surface area (Å²) in [4.78, 5) is 17.0. The molecule has 5 heteroatoms. The summed E-state index contributed by atoms with van der Waals surface area (Å²) in [5.74, 6) is -0.758. The Morgan fingerprint density at radius 3 is 2.65 bits per heavy atom. The summed E-state index contributed by atoms with van der Waals surface area (Å²) in [5, 5.41) is 11.7. The zero-order chi connectivity index (χ0) is 13.1. The van der Waals surface area contributed by atoms with Crippen LogP contribution in [0.25, 0.3) is 0 Å². The standard InChI is InChI=1S/C12H20N2O2S/c1-12(2,3)9-8-17-10(13-9)7-14(4)6-5-11(15)16/h8H,5-7H2,1-4H3,(H,15,16). The Hall–Kier alpha value is -0.940. The summed E-state index contributed by atoms with van der Waals surface area (Å²) in [7, 11) is 1.92. The first-order chi connectivity index (χ1) is 7.79. The fourth-order valence-corrected chi connectivity index (χ4v) is 2.42. The van der Waals surface area contributed by atoms with Crippen LogP contribution in [0.15, 0.2) is 5.38 Å². The molecule has 0 radical (unpaired) electrons. The zero-order valence-corrected chi connectivity index (χ0v) is 11.7. The average Bonchev–Trinajstić information content (AvgIpc) is 2.62. The topological polar surface area (TPSA) is 53.4 Å². The van der Waals surface area contributed by atoms with E-state index in [-0.39, 0.29) is 11.8 Å². The molecule has 0 aliphatic heterocycles. The van der Waals surface area contributed by atoms with E-state index in [9.17, 15) is 4.79 Å². The first kappa shape index (κ1) is 14.1. The van der Waals surface area contributed by atoms with Crippen molar-refractivity contribution < 1.29 is 9.90 Å². The zero-order valence-electron chi connectivity index (χ0n) is 10.9. The molecule has 17 heavy (non-hydrogen) atoms. The number of carboxylic acid groups (broad SMARTS) is 1. The second-order valence-corrected chi connectivity index (χ2v) is 6.20. The SMILES string of the molecule is CN(CCC(=O)O)Cc1nc(C(C)(C)C)cs1. The Morgan fingerprint density at radius 2 is 2.18 bits per heavy atom. The molecular formula is C12H20N2O2S. The molecule has 0 spiro atoms. The lowest BCUT2D eigenvalue weighted by Gasteiger charge is -2.15. The van der Waals surface area contributed by atoms with Gasteiger partial charge in [-0.25, -0.2) is 4.98 Å². The van der Waals surface area contributed by atoms with Crippen LogP contribution in [-0.2, 0) is 16.8 Å². The molecule has 0 aromatic carbocycles. The van der Waals surface area contributed by atoms with Crippen LogP contribution in [0.4, 0.5) is 0 Å². The van der Waals surface area contributed by atoms with Crippen molar-refractivity contribution in [3.8, 4) is 0 Å². The van der Waals surface area contributed by atoms with Gasteiger partial charge >= 0.3 is 5.97 Å². The molecule has 0 aliphatic rings. The number of aromatic nitrogens is 1. The lowest BCUT2D eigenvalue weighted by Crippen LogP contribution is -2.21. The maximum Gasteiger partial charge on any atom is 0.304 e. The highest BCUT2D eigenvalue weighted by Gasteiger charge is 2.17. The highest BCUT2D eigenvalue weighted by atomic mass is 32.1. The molecule has 0 saturated heterocycles. The maximum atomic E-state index is 10.5. The molecule has 96 valence electrons. The highest BCUT2D eigenvalue weighted by molar-refractivity contribution is 7.09. The number of carbonyl (C=O) groups is 1. The van der Waals surface area contributed by atoms with E-state index < -0.39 is 5.97 Å². The van der Waals surface area contributed by atoms with Crippen LogP contribution in [0, 0.1) is 0 Å². The van der Waals surface area contributed by atoms with Crippen LogP contribution >= 0.6 is 11.3 Å². The minimum absolute atomic E-state index is 0.0778. The van der Waals surface area contributed by atoms with Gasteiger partial charge in [-0.15, -0.1) is 11.3 Å². The minimum atomic E-state index is -0.758.